The molecule has 138 valence electrons. The first-order chi connectivity index (χ1) is 12.3. The summed E-state index contributed by atoms with van der Waals surface area (Å²) in [6.07, 6.45) is 0. The Balaban J connectivity index is 1.78. The van der Waals surface area contributed by atoms with Gasteiger partial charge in [0, 0.05) is 49.0 Å². The molecule has 2 aromatic carbocycles. The first kappa shape index (κ1) is 18.6. The summed E-state index contributed by atoms with van der Waals surface area (Å²) < 4.78 is 26.9. The number of aryl methyl sites for hydroxylation is 1. The zero-order valence-corrected chi connectivity index (χ0v) is 15.7. The summed E-state index contributed by atoms with van der Waals surface area (Å²) in [5.41, 5.74) is 1.83. The molecule has 9 heteroatoms. The van der Waals surface area contributed by atoms with E-state index in [9.17, 15) is 18.5 Å². The SMILES string of the molecule is Cc1ccc(Cl)cc1N1CCN(S(=O)(=O)c2cccc([N+](=O)[O-])c2)CC1. The second kappa shape index (κ2) is 7.22. The van der Waals surface area contributed by atoms with Crippen LogP contribution in [-0.2, 0) is 10.0 Å². The fourth-order valence-electron chi connectivity index (χ4n) is 3.00. The third kappa shape index (κ3) is 3.67. The van der Waals surface area contributed by atoms with Crippen LogP contribution in [-0.4, -0.2) is 43.8 Å². The van der Waals surface area contributed by atoms with Crippen molar-refractivity contribution in [2.24, 2.45) is 0 Å². The lowest BCUT2D eigenvalue weighted by Gasteiger charge is -2.36. The van der Waals surface area contributed by atoms with Gasteiger partial charge in [0.25, 0.3) is 5.69 Å². The molecular weight excluding hydrogens is 378 g/mol. The van der Waals surface area contributed by atoms with Crippen LogP contribution in [0.5, 0.6) is 0 Å². The highest BCUT2D eigenvalue weighted by Gasteiger charge is 2.30. The number of nitro groups is 1. The summed E-state index contributed by atoms with van der Waals surface area (Å²) in [5.74, 6) is 0. The van der Waals surface area contributed by atoms with E-state index in [1.54, 1.807) is 0 Å². The quantitative estimate of drug-likeness (QED) is 0.586. The number of hydrogen-bond acceptors (Lipinski definition) is 5. The summed E-state index contributed by atoms with van der Waals surface area (Å²) in [7, 11) is -3.77. The highest BCUT2D eigenvalue weighted by molar-refractivity contribution is 7.89. The maximum Gasteiger partial charge on any atom is 0.270 e. The second-order valence-electron chi connectivity index (χ2n) is 6.08. The number of hydrogen-bond donors (Lipinski definition) is 0. The lowest BCUT2D eigenvalue weighted by atomic mass is 10.1. The van der Waals surface area contributed by atoms with Crippen molar-refractivity contribution in [3.8, 4) is 0 Å². The van der Waals surface area contributed by atoms with E-state index in [1.165, 1.54) is 22.5 Å². The van der Waals surface area contributed by atoms with Gasteiger partial charge in [0.05, 0.1) is 9.82 Å². The first-order valence-corrected chi connectivity index (χ1v) is 9.86. The van der Waals surface area contributed by atoms with Crippen molar-refractivity contribution >= 4 is 33.0 Å². The molecule has 0 N–H and O–H groups in total. The largest absolute Gasteiger partial charge is 0.369 e. The number of anilines is 1. The van der Waals surface area contributed by atoms with Gasteiger partial charge in [-0.25, -0.2) is 8.42 Å². The van der Waals surface area contributed by atoms with E-state index < -0.39 is 14.9 Å². The minimum absolute atomic E-state index is 0.0564. The lowest BCUT2D eigenvalue weighted by Crippen LogP contribution is -2.48. The van der Waals surface area contributed by atoms with Gasteiger partial charge in [-0.05, 0) is 30.7 Å². The molecule has 0 atom stereocenters. The minimum atomic E-state index is -3.77. The zero-order valence-electron chi connectivity index (χ0n) is 14.1. The number of nitrogens with zero attached hydrogens (tertiary/aromatic N) is 3. The maximum atomic E-state index is 12.8. The lowest BCUT2D eigenvalue weighted by molar-refractivity contribution is -0.385. The molecule has 0 saturated carbocycles. The molecule has 1 fully saturated rings. The Bertz CT molecular complexity index is 941. The molecule has 0 aliphatic carbocycles. The first-order valence-electron chi connectivity index (χ1n) is 8.05. The molecule has 2 aromatic rings. The van der Waals surface area contributed by atoms with Crippen LogP contribution in [0.4, 0.5) is 11.4 Å². The molecule has 0 unspecified atom stereocenters. The molecule has 0 bridgehead atoms. The molecule has 1 saturated heterocycles. The van der Waals surface area contributed by atoms with Gasteiger partial charge >= 0.3 is 0 Å². The van der Waals surface area contributed by atoms with Crippen molar-refractivity contribution < 1.29 is 13.3 Å². The third-order valence-electron chi connectivity index (χ3n) is 4.42. The fraction of sp³-hybridized carbons (Fsp3) is 0.294. The predicted molar refractivity (Wildman–Crippen MR) is 100 cm³/mol. The average molecular weight is 396 g/mol. The van der Waals surface area contributed by atoms with Crippen molar-refractivity contribution in [2.75, 3.05) is 31.1 Å². The number of piperazine rings is 1. The Kier molecular flexibility index (Phi) is 5.17. The van der Waals surface area contributed by atoms with Gasteiger partial charge in [0.2, 0.25) is 10.0 Å². The van der Waals surface area contributed by atoms with E-state index in [1.807, 2.05) is 25.1 Å². The van der Waals surface area contributed by atoms with Gasteiger partial charge in [-0.2, -0.15) is 4.31 Å². The van der Waals surface area contributed by atoms with Crippen molar-refractivity contribution in [2.45, 2.75) is 11.8 Å². The monoisotopic (exact) mass is 395 g/mol. The van der Waals surface area contributed by atoms with E-state index in [0.29, 0.717) is 31.2 Å². The van der Waals surface area contributed by atoms with E-state index >= 15 is 0 Å². The van der Waals surface area contributed by atoms with Crippen LogP contribution in [0.3, 0.4) is 0 Å². The van der Waals surface area contributed by atoms with Gasteiger partial charge in [-0.15, -0.1) is 0 Å². The molecule has 3 rings (SSSR count). The normalized spacial score (nSPS) is 15.8. The van der Waals surface area contributed by atoms with E-state index in [0.717, 1.165) is 17.3 Å². The summed E-state index contributed by atoms with van der Waals surface area (Å²) in [5, 5.41) is 11.5. The number of benzene rings is 2. The Labute approximate surface area is 157 Å². The molecule has 1 heterocycles. The average Bonchev–Trinajstić information content (AvgIpc) is 2.64. The van der Waals surface area contributed by atoms with Crippen molar-refractivity contribution in [1.29, 1.82) is 0 Å². The van der Waals surface area contributed by atoms with Crippen LogP contribution < -0.4 is 4.90 Å². The highest BCUT2D eigenvalue weighted by Crippen LogP contribution is 2.27. The van der Waals surface area contributed by atoms with Gasteiger partial charge < -0.3 is 4.90 Å². The molecular formula is C17H18ClN3O4S. The smallest absolute Gasteiger partial charge is 0.270 e. The van der Waals surface area contributed by atoms with Gasteiger partial charge in [-0.1, -0.05) is 23.7 Å². The molecule has 0 radical (unpaired) electrons. The molecule has 0 spiro atoms. The summed E-state index contributed by atoms with van der Waals surface area (Å²) in [6, 6.07) is 10.8. The van der Waals surface area contributed by atoms with Crippen LogP contribution in [0.15, 0.2) is 47.4 Å². The van der Waals surface area contributed by atoms with Crippen LogP contribution in [0.1, 0.15) is 5.56 Å². The molecule has 1 aliphatic heterocycles. The number of non-ortho nitro benzene ring substituents is 1. The number of sulfonamides is 1. The van der Waals surface area contributed by atoms with E-state index in [2.05, 4.69) is 4.90 Å². The fourth-order valence-corrected chi connectivity index (χ4v) is 4.63. The Morgan fingerprint density at radius 2 is 1.77 bits per heavy atom. The van der Waals surface area contributed by atoms with Crippen molar-refractivity contribution in [3.63, 3.8) is 0 Å². The third-order valence-corrected chi connectivity index (χ3v) is 6.55. The number of halogens is 1. The summed E-state index contributed by atoms with van der Waals surface area (Å²) in [6.45, 7) is 3.64. The zero-order chi connectivity index (χ0) is 18.9. The standard InChI is InChI=1S/C17H18ClN3O4S/c1-13-5-6-14(18)11-17(13)19-7-9-20(10-8-19)26(24,25)16-4-2-3-15(12-16)21(22)23/h2-6,11-12H,7-10H2,1H3. The minimum Gasteiger partial charge on any atom is -0.369 e. The summed E-state index contributed by atoms with van der Waals surface area (Å²) >= 11 is 6.07. The molecule has 0 aromatic heterocycles. The van der Waals surface area contributed by atoms with Gasteiger partial charge in [-0.3, -0.25) is 10.1 Å². The Hall–Kier alpha value is -2.16. The molecule has 1 aliphatic rings. The van der Waals surface area contributed by atoms with Gasteiger partial charge in [0.1, 0.15) is 0 Å². The van der Waals surface area contributed by atoms with Crippen molar-refractivity contribution in [3.05, 3.63) is 63.2 Å². The number of nitro benzene ring substituents is 1. The Morgan fingerprint density at radius 3 is 2.42 bits per heavy atom. The molecule has 26 heavy (non-hydrogen) atoms. The second-order valence-corrected chi connectivity index (χ2v) is 8.45. The Morgan fingerprint density at radius 1 is 1.08 bits per heavy atom. The van der Waals surface area contributed by atoms with Crippen LogP contribution in [0, 0.1) is 17.0 Å². The predicted octanol–water partition coefficient (Wildman–Crippen LogP) is 3.07. The molecule has 7 nitrogen and oxygen atoms in total. The number of rotatable bonds is 4. The van der Waals surface area contributed by atoms with E-state index in [-0.39, 0.29) is 10.6 Å². The van der Waals surface area contributed by atoms with Crippen LogP contribution in [0.2, 0.25) is 5.02 Å². The highest BCUT2D eigenvalue weighted by atomic mass is 35.5. The van der Waals surface area contributed by atoms with E-state index in [4.69, 9.17) is 11.6 Å². The topological polar surface area (TPSA) is 83.8 Å². The van der Waals surface area contributed by atoms with Crippen LogP contribution >= 0.6 is 11.6 Å². The maximum absolute atomic E-state index is 12.8. The molecule has 0 amide bonds. The summed E-state index contributed by atoms with van der Waals surface area (Å²) in [4.78, 5) is 12.3. The van der Waals surface area contributed by atoms with Crippen molar-refractivity contribution in [1.82, 2.24) is 4.31 Å². The van der Waals surface area contributed by atoms with Gasteiger partial charge in [0.15, 0.2) is 0 Å². The van der Waals surface area contributed by atoms with Crippen LogP contribution in [0.25, 0.3) is 0 Å².